The minimum Gasteiger partial charge on any atom is -0.294 e. The van der Waals surface area contributed by atoms with Crippen molar-refractivity contribution < 1.29 is 13.2 Å². The Hall–Kier alpha value is -1.20. The number of hydrogen-bond acceptors (Lipinski definition) is 3. The summed E-state index contributed by atoms with van der Waals surface area (Å²) in [5.41, 5.74) is 0.501. The second kappa shape index (κ2) is 5.84. The molecule has 0 atom stereocenters. The Morgan fingerprint density at radius 1 is 1.37 bits per heavy atom. The molecule has 0 unspecified atom stereocenters. The lowest BCUT2D eigenvalue weighted by atomic mass is 10.1. The standard InChI is InChI=1S/C14H19NO3S/c1-2-3-9-15-19(17,18)13-6-4-5-12(10-13)14(16)11-7-8-11/h4-6,10-11,15H,2-3,7-9H2,1H3. The zero-order valence-corrected chi connectivity index (χ0v) is 11.9. The third kappa shape index (κ3) is 3.64. The van der Waals surface area contributed by atoms with Gasteiger partial charge in [-0.05, 0) is 31.4 Å². The van der Waals surface area contributed by atoms with E-state index in [0.29, 0.717) is 12.1 Å². The fourth-order valence-corrected chi connectivity index (χ4v) is 2.98. The van der Waals surface area contributed by atoms with E-state index in [1.54, 1.807) is 12.1 Å². The maximum Gasteiger partial charge on any atom is 0.240 e. The van der Waals surface area contributed by atoms with Crippen LogP contribution in [0.4, 0.5) is 0 Å². The van der Waals surface area contributed by atoms with Crippen molar-refractivity contribution >= 4 is 15.8 Å². The molecule has 1 fully saturated rings. The van der Waals surface area contributed by atoms with E-state index in [9.17, 15) is 13.2 Å². The normalized spacial score (nSPS) is 15.4. The van der Waals surface area contributed by atoms with Crippen molar-refractivity contribution in [1.29, 1.82) is 0 Å². The van der Waals surface area contributed by atoms with Crippen LogP contribution in [0.5, 0.6) is 0 Å². The SMILES string of the molecule is CCCCNS(=O)(=O)c1cccc(C(=O)C2CC2)c1. The highest BCUT2D eigenvalue weighted by Crippen LogP contribution is 2.32. The molecule has 1 aromatic carbocycles. The van der Waals surface area contributed by atoms with Crippen LogP contribution in [0, 0.1) is 5.92 Å². The minimum absolute atomic E-state index is 0.0607. The summed E-state index contributed by atoms with van der Waals surface area (Å²) in [4.78, 5) is 12.1. The van der Waals surface area contributed by atoms with Crippen LogP contribution >= 0.6 is 0 Å². The first-order chi connectivity index (χ1) is 9.04. The maximum absolute atomic E-state index is 12.0. The zero-order valence-electron chi connectivity index (χ0n) is 11.1. The van der Waals surface area contributed by atoms with Gasteiger partial charge in [-0.1, -0.05) is 25.5 Å². The van der Waals surface area contributed by atoms with E-state index < -0.39 is 10.0 Å². The molecule has 0 bridgehead atoms. The molecule has 0 aliphatic heterocycles. The molecule has 0 saturated heterocycles. The van der Waals surface area contributed by atoms with E-state index in [-0.39, 0.29) is 16.6 Å². The van der Waals surface area contributed by atoms with E-state index in [0.717, 1.165) is 25.7 Å². The number of Topliss-reactive ketones (excluding diaryl/α,β-unsaturated/α-hetero) is 1. The summed E-state index contributed by atoms with van der Waals surface area (Å²) in [6.45, 7) is 2.43. The van der Waals surface area contributed by atoms with Crippen molar-refractivity contribution in [3.63, 3.8) is 0 Å². The van der Waals surface area contributed by atoms with Crippen LogP contribution in [0.1, 0.15) is 43.0 Å². The largest absolute Gasteiger partial charge is 0.294 e. The Bertz CT molecular complexity index is 562. The Morgan fingerprint density at radius 3 is 2.74 bits per heavy atom. The van der Waals surface area contributed by atoms with Crippen LogP contribution in [-0.4, -0.2) is 20.7 Å². The van der Waals surface area contributed by atoms with Crippen LogP contribution in [0.3, 0.4) is 0 Å². The highest BCUT2D eigenvalue weighted by atomic mass is 32.2. The molecule has 1 saturated carbocycles. The van der Waals surface area contributed by atoms with Crippen molar-refractivity contribution in [3.05, 3.63) is 29.8 Å². The smallest absolute Gasteiger partial charge is 0.240 e. The number of unbranched alkanes of at least 4 members (excludes halogenated alkanes) is 1. The first-order valence-corrected chi connectivity index (χ1v) is 8.17. The first-order valence-electron chi connectivity index (χ1n) is 6.68. The van der Waals surface area contributed by atoms with Crippen molar-refractivity contribution in [3.8, 4) is 0 Å². The monoisotopic (exact) mass is 281 g/mol. The van der Waals surface area contributed by atoms with Gasteiger partial charge in [-0.2, -0.15) is 0 Å². The van der Waals surface area contributed by atoms with Gasteiger partial charge in [0.05, 0.1) is 4.90 Å². The van der Waals surface area contributed by atoms with Gasteiger partial charge in [-0.25, -0.2) is 13.1 Å². The number of benzene rings is 1. The lowest BCUT2D eigenvalue weighted by molar-refractivity contribution is 0.0967. The molecule has 5 heteroatoms. The van der Waals surface area contributed by atoms with Crippen LogP contribution in [0.2, 0.25) is 0 Å². The summed E-state index contributed by atoms with van der Waals surface area (Å²) < 4.78 is 26.6. The van der Waals surface area contributed by atoms with Crippen molar-refractivity contribution in [2.24, 2.45) is 5.92 Å². The fraction of sp³-hybridized carbons (Fsp3) is 0.500. The number of sulfonamides is 1. The van der Waals surface area contributed by atoms with E-state index in [1.165, 1.54) is 12.1 Å². The summed E-state index contributed by atoms with van der Waals surface area (Å²) in [6.07, 6.45) is 3.58. The van der Waals surface area contributed by atoms with Gasteiger partial charge in [0.25, 0.3) is 0 Å². The summed E-state index contributed by atoms with van der Waals surface area (Å²) in [6, 6.07) is 6.32. The van der Waals surface area contributed by atoms with Gasteiger partial charge in [0.15, 0.2) is 5.78 Å². The Kier molecular flexibility index (Phi) is 4.37. The first kappa shape index (κ1) is 14.2. The third-order valence-corrected chi connectivity index (χ3v) is 4.66. The van der Waals surface area contributed by atoms with E-state index >= 15 is 0 Å². The number of ketones is 1. The molecule has 1 aliphatic carbocycles. The third-order valence-electron chi connectivity index (χ3n) is 3.20. The van der Waals surface area contributed by atoms with Gasteiger partial charge >= 0.3 is 0 Å². The molecule has 1 N–H and O–H groups in total. The van der Waals surface area contributed by atoms with E-state index in [1.807, 2.05) is 6.92 Å². The molecule has 19 heavy (non-hydrogen) atoms. The number of rotatable bonds is 7. The number of carbonyl (C=O) groups is 1. The second-order valence-electron chi connectivity index (χ2n) is 4.92. The molecule has 2 rings (SSSR count). The van der Waals surface area contributed by atoms with Crippen molar-refractivity contribution in [1.82, 2.24) is 4.72 Å². The number of nitrogens with one attached hydrogen (secondary N) is 1. The van der Waals surface area contributed by atoms with Gasteiger partial charge in [-0.15, -0.1) is 0 Å². The Morgan fingerprint density at radius 2 is 2.11 bits per heavy atom. The summed E-state index contributed by atoms with van der Waals surface area (Å²) in [5, 5.41) is 0. The van der Waals surface area contributed by atoms with Crippen LogP contribution in [0.15, 0.2) is 29.2 Å². The average Bonchev–Trinajstić information content (AvgIpc) is 3.22. The highest BCUT2D eigenvalue weighted by molar-refractivity contribution is 7.89. The molecule has 1 aliphatic rings. The van der Waals surface area contributed by atoms with Gasteiger partial charge in [0, 0.05) is 18.0 Å². The predicted octanol–water partition coefficient (Wildman–Crippen LogP) is 2.36. The molecule has 0 radical (unpaired) electrons. The highest BCUT2D eigenvalue weighted by Gasteiger charge is 2.30. The fourth-order valence-electron chi connectivity index (χ4n) is 1.86. The van der Waals surface area contributed by atoms with E-state index in [4.69, 9.17) is 0 Å². The molecule has 0 heterocycles. The van der Waals surface area contributed by atoms with Crippen molar-refractivity contribution in [2.75, 3.05) is 6.54 Å². The van der Waals surface area contributed by atoms with Gasteiger partial charge in [0.1, 0.15) is 0 Å². The quantitative estimate of drug-likeness (QED) is 0.616. The lowest BCUT2D eigenvalue weighted by Crippen LogP contribution is -2.25. The van der Waals surface area contributed by atoms with Gasteiger partial charge < -0.3 is 0 Å². The molecule has 1 aromatic rings. The van der Waals surface area contributed by atoms with E-state index in [2.05, 4.69) is 4.72 Å². The van der Waals surface area contributed by atoms with Crippen molar-refractivity contribution in [2.45, 2.75) is 37.5 Å². The second-order valence-corrected chi connectivity index (χ2v) is 6.68. The predicted molar refractivity (Wildman–Crippen MR) is 73.6 cm³/mol. The Labute approximate surface area is 114 Å². The van der Waals surface area contributed by atoms with Crippen LogP contribution in [0.25, 0.3) is 0 Å². The Balaban J connectivity index is 2.15. The molecular weight excluding hydrogens is 262 g/mol. The molecule has 0 spiro atoms. The minimum atomic E-state index is -3.50. The molecule has 4 nitrogen and oxygen atoms in total. The molecular formula is C14H19NO3S. The summed E-state index contributed by atoms with van der Waals surface area (Å²) in [5.74, 6) is 0.164. The summed E-state index contributed by atoms with van der Waals surface area (Å²) >= 11 is 0. The average molecular weight is 281 g/mol. The zero-order chi connectivity index (χ0) is 13.9. The topological polar surface area (TPSA) is 63.2 Å². The van der Waals surface area contributed by atoms with Gasteiger partial charge in [0.2, 0.25) is 10.0 Å². The van der Waals surface area contributed by atoms with Crippen LogP contribution in [-0.2, 0) is 10.0 Å². The maximum atomic E-state index is 12.0. The summed E-state index contributed by atoms with van der Waals surface area (Å²) in [7, 11) is -3.50. The van der Waals surface area contributed by atoms with Gasteiger partial charge in [-0.3, -0.25) is 4.79 Å². The molecule has 0 aromatic heterocycles. The van der Waals surface area contributed by atoms with Crippen LogP contribution < -0.4 is 4.72 Å². The molecule has 104 valence electrons. The lowest BCUT2D eigenvalue weighted by Gasteiger charge is -2.07. The molecule has 0 amide bonds. The number of hydrogen-bond donors (Lipinski definition) is 1. The number of carbonyl (C=O) groups excluding carboxylic acids is 1.